The van der Waals surface area contributed by atoms with Gasteiger partial charge in [-0.25, -0.2) is 0 Å². The maximum absolute atomic E-state index is 11.7. The molecule has 102 valence electrons. The smallest absolute Gasteiger partial charge is 0.323 e. The number of nitrogens with two attached hydrogens (primary N) is 1. The zero-order valence-electron chi connectivity index (χ0n) is 10.8. The van der Waals surface area contributed by atoms with E-state index in [4.69, 9.17) is 22.1 Å². The molecule has 0 fully saturated rings. The van der Waals surface area contributed by atoms with Gasteiger partial charge in [0.05, 0.1) is 22.8 Å². The van der Waals surface area contributed by atoms with Gasteiger partial charge in [0.15, 0.2) is 0 Å². The number of fused-ring (bicyclic) bond motifs is 1. The number of hydrogen-bond acceptors (Lipinski definition) is 4. The van der Waals surface area contributed by atoms with Crippen LogP contribution in [0, 0.1) is 0 Å². The molecule has 0 saturated carbocycles. The van der Waals surface area contributed by atoms with Crippen LogP contribution < -0.4 is 5.73 Å². The fourth-order valence-electron chi connectivity index (χ4n) is 1.85. The number of carbonyl (C=O) groups excluding carboxylic acids is 1. The van der Waals surface area contributed by atoms with Crippen molar-refractivity contribution in [2.24, 2.45) is 5.73 Å². The van der Waals surface area contributed by atoms with E-state index in [-0.39, 0.29) is 6.10 Å². The third kappa shape index (κ3) is 3.24. The summed E-state index contributed by atoms with van der Waals surface area (Å²) >= 11 is 6.12. The molecule has 1 unspecified atom stereocenters. The molecule has 0 bridgehead atoms. The molecule has 1 heterocycles. The predicted octanol–water partition coefficient (Wildman–Crippen LogP) is 2.04. The minimum absolute atomic E-state index is 0.168. The minimum Gasteiger partial charge on any atom is -0.462 e. The highest BCUT2D eigenvalue weighted by atomic mass is 35.5. The molecule has 0 aliphatic heterocycles. The summed E-state index contributed by atoms with van der Waals surface area (Å²) in [4.78, 5) is 11.7. The molecule has 6 heteroatoms. The van der Waals surface area contributed by atoms with E-state index in [2.05, 4.69) is 10.2 Å². The summed E-state index contributed by atoms with van der Waals surface area (Å²) in [6, 6.07) is 3.00. The number of halogens is 1. The number of ether oxygens (including phenoxy) is 1. The van der Waals surface area contributed by atoms with Crippen molar-refractivity contribution in [1.29, 1.82) is 0 Å². The maximum Gasteiger partial charge on any atom is 0.323 e. The molecule has 0 aliphatic rings. The molecule has 5 nitrogen and oxygen atoms in total. The van der Waals surface area contributed by atoms with Crippen molar-refractivity contribution >= 4 is 28.5 Å². The Morgan fingerprint density at radius 3 is 2.95 bits per heavy atom. The van der Waals surface area contributed by atoms with Crippen molar-refractivity contribution in [2.45, 2.75) is 32.4 Å². The Bertz CT molecular complexity index is 595. The van der Waals surface area contributed by atoms with Crippen LogP contribution in [0.1, 0.15) is 19.4 Å². The summed E-state index contributed by atoms with van der Waals surface area (Å²) in [5.74, 6) is -0.404. The van der Waals surface area contributed by atoms with Gasteiger partial charge in [-0.2, -0.15) is 5.10 Å². The SMILES string of the molecule is CC(C)OC(=O)C(N)Cc1cc(Cl)c2[nH]ncc2c1. The second kappa shape index (κ2) is 5.59. The summed E-state index contributed by atoms with van der Waals surface area (Å²) in [5, 5.41) is 8.20. The highest BCUT2D eigenvalue weighted by Gasteiger charge is 2.17. The van der Waals surface area contributed by atoms with E-state index in [9.17, 15) is 4.79 Å². The van der Waals surface area contributed by atoms with Crippen LogP contribution in [0.2, 0.25) is 5.02 Å². The lowest BCUT2D eigenvalue weighted by molar-refractivity contribution is -0.148. The van der Waals surface area contributed by atoms with Crippen molar-refractivity contribution in [2.75, 3.05) is 0 Å². The third-order valence-electron chi connectivity index (χ3n) is 2.67. The van der Waals surface area contributed by atoms with Gasteiger partial charge in [-0.3, -0.25) is 9.89 Å². The lowest BCUT2D eigenvalue weighted by Gasteiger charge is -2.14. The number of nitrogens with one attached hydrogen (secondary N) is 1. The standard InChI is InChI=1S/C13H16ClN3O2/c1-7(2)19-13(18)11(15)5-8-3-9-6-16-17-12(9)10(14)4-8/h3-4,6-7,11H,5,15H2,1-2H3,(H,16,17). The van der Waals surface area contributed by atoms with Crippen molar-refractivity contribution in [3.05, 3.63) is 28.9 Å². The van der Waals surface area contributed by atoms with Crippen LogP contribution >= 0.6 is 11.6 Å². The lowest BCUT2D eigenvalue weighted by atomic mass is 10.0. The van der Waals surface area contributed by atoms with Crippen molar-refractivity contribution in [3.63, 3.8) is 0 Å². The quantitative estimate of drug-likeness (QED) is 0.840. The Hall–Kier alpha value is -1.59. The number of esters is 1. The van der Waals surface area contributed by atoms with Crippen molar-refractivity contribution in [3.8, 4) is 0 Å². The van der Waals surface area contributed by atoms with Crippen LogP contribution in [0.15, 0.2) is 18.3 Å². The summed E-state index contributed by atoms with van der Waals surface area (Å²) in [7, 11) is 0. The Morgan fingerprint density at radius 1 is 1.53 bits per heavy atom. The van der Waals surface area contributed by atoms with E-state index < -0.39 is 12.0 Å². The molecular formula is C13H16ClN3O2. The summed E-state index contributed by atoms with van der Waals surface area (Å²) in [6.07, 6.45) is 1.90. The number of H-pyrrole nitrogens is 1. The molecule has 0 spiro atoms. The van der Waals surface area contributed by atoms with Crippen LogP contribution in [-0.2, 0) is 16.0 Å². The first kappa shape index (κ1) is 13.8. The van der Waals surface area contributed by atoms with Gasteiger partial charge in [0, 0.05) is 5.39 Å². The molecule has 3 N–H and O–H groups in total. The highest BCUT2D eigenvalue weighted by molar-refractivity contribution is 6.35. The van der Waals surface area contributed by atoms with Crippen LogP contribution in [-0.4, -0.2) is 28.3 Å². The fraction of sp³-hybridized carbons (Fsp3) is 0.385. The molecule has 1 aromatic carbocycles. The minimum atomic E-state index is -0.692. The molecule has 0 aliphatic carbocycles. The van der Waals surface area contributed by atoms with Gasteiger partial charge < -0.3 is 10.5 Å². The number of aromatic amines is 1. The van der Waals surface area contributed by atoms with Gasteiger partial charge >= 0.3 is 5.97 Å². The molecule has 1 atom stereocenters. The fourth-order valence-corrected chi connectivity index (χ4v) is 2.14. The largest absolute Gasteiger partial charge is 0.462 e. The average Bonchev–Trinajstić information content (AvgIpc) is 2.76. The molecule has 1 aromatic heterocycles. The second-order valence-corrected chi connectivity index (χ2v) is 5.12. The van der Waals surface area contributed by atoms with E-state index in [1.54, 1.807) is 26.1 Å². The summed E-state index contributed by atoms with van der Waals surface area (Å²) in [5.41, 5.74) is 7.49. The molecule has 2 rings (SSSR count). The van der Waals surface area contributed by atoms with Crippen LogP contribution in [0.3, 0.4) is 0 Å². The first-order chi connectivity index (χ1) is 8.97. The zero-order valence-corrected chi connectivity index (χ0v) is 11.6. The number of rotatable bonds is 4. The van der Waals surface area contributed by atoms with Gasteiger partial charge in [-0.15, -0.1) is 0 Å². The van der Waals surface area contributed by atoms with Gasteiger partial charge in [0.1, 0.15) is 6.04 Å². The molecule has 0 radical (unpaired) electrons. The van der Waals surface area contributed by atoms with E-state index in [0.717, 1.165) is 16.5 Å². The first-order valence-corrected chi connectivity index (χ1v) is 6.42. The van der Waals surface area contributed by atoms with Crippen molar-refractivity contribution in [1.82, 2.24) is 10.2 Å². The number of benzene rings is 1. The number of aromatic nitrogens is 2. The van der Waals surface area contributed by atoms with Gasteiger partial charge in [-0.05, 0) is 38.0 Å². The molecule has 19 heavy (non-hydrogen) atoms. The van der Waals surface area contributed by atoms with Gasteiger partial charge in [0.2, 0.25) is 0 Å². The van der Waals surface area contributed by atoms with E-state index >= 15 is 0 Å². The topological polar surface area (TPSA) is 81.0 Å². The van der Waals surface area contributed by atoms with Crippen molar-refractivity contribution < 1.29 is 9.53 Å². The normalized spacial score (nSPS) is 12.9. The van der Waals surface area contributed by atoms with Crippen LogP contribution in [0.5, 0.6) is 0 Å². The second-order valence-electron chi connectivity index (χ2n) is 4.71. The Kier molecular flexibility index (Phi) is 4.07. The first-order valence-electron chi connectivity index (χ1n) is 6.05. The van der Waals surface area contributed by atoms with Gasteiger partial charge in [-0.1, -0.05) is 11.6 Å². The van der Waals surface area contributed by atoms with Gasteiger partial charge in [0.25, 0.3) is 0 Å². The predicted molar refractivity (Wildman–Crippen MR) is 74.0 cm³/mol. The Morgan fingerprint density at radius 2 is 2.26 bits per heavy atom. The Labute approximate surface area is 116 Å². The van der Waals surface area contributed by atoms with E-state index in [1.165, 1.54) is 0 Å². The highest BCUT2D eigenvalue weighted by Crippen LogP contribution is 2.23. The average molecular weight is 282 g/mol. The lowest BCUT2D eigenvalue weighted by Crippen LogP contribution is -2.35. The number of hydrogen-bond donors (Lipinski definition) is 2. The molecule has 0 amide bonds. The number of carbonyl (C=O) groups is 1. The monoisotopic (exact) mass is 281 g/mol. The summed E-state index contributed by atoms with van der Waals surface area (Å²) < 4.78 is 5.07. The maximum atomic E-state index is 11.7. The Balaban J connectivity index is 2.14. The molecule has 0 saturated heterocycles. The molecule has 2 aromatic rings. The van der Waals surface area contributed by atoms with E-state index in [0.29, 0.717) is 11.4 Å². The zero-order chi connectivity index (χ0) is 14.0. The summed E-state index contributed by atoms with van der Waals surface area (Å²) in [6.45, 7) is 3.58. The van der Waals surface area contributed by atoms with Crippen LogP contribution in [0.25, 0.3) is 10.9 Å². The number of nitrogens with zero attached hydrogens (tertiary/aromatic N) is 1. The van der Waals surface area contributed by atoms with Crippen LogP contribution in [0.4, 0.5) is 0 Å². The third-order valence-corrected chi connectivity index (χ3v) is 2.97. The van der Waals surface area contributed by atoms with E-state index in [1.807, 2.05) is 6.07 Å². The molecular weight excluding hydrogens is 266 g/mol.